The number of nitrogen functional groups attached to an aromatic ring is 1. The van der Waals surface area contributed by atoms with E-state index in [-0.39, 0.29) is 18.8 Å². The van der Waals surface area contributed by atoms with Crippen LogP contribution in [0.15, 0.2) is 24.3 Å². The van der Waals surface area contributed by atoms with Crippen LogP contribution in [0.2, 0.25) is 0 Å². The van der Waals surface area contributed by atoms with E-state index in [1.165, 1.54) is 0 Å². The lowest BCUT2D eigenvalue weighted by Crippen LogP contribution is -2.41. The first-order valence-corrected chi connectivity index (χ1v) is 6.58. The van der Waals surface area contributed by atoms with Gasteiger partial charge in [-0.1, -0.05) is 24.3 Å². The molecule has 0 aromatic heterocycles. The van der Waals surface area contributed by atoms with Gasteiger partial charge in [0.2, 0.25) is 0 Å². The number of nitrogens with zero attached hydrogens (tertiary/aromatic N) is 1. The Hall–Kier alpha value is -1.56. The van der Waals surface area contributed by atoms with E-state index in [0.717, 1.165) is 5.56 Å². The van der Waals surface area contributed by atoms with Crippen LogP contribution in [0.4, 0.5) is 13.2 Å². The summed E-state index contributed by atoms with van der Waals surface area (Å²) in [7, 11) is 0. The highest BCUT2D eigenvalue weighted by atomic mass is 19.4. The van der Waals surface area contributed by atoms with E-state index in [4.69, 9.17) is 11.1 Å². The van der Waals surface area contributed by atoms with Crippen molar-refractivity contribution >= 4 is 5.84 Å². The number of rotatable bonds is 3. The van der Waals surface area contributed by atoms with Crippen molar-refractivity contribution in [1.29, 1.82) is 5.41 Å². The number of alkyl halides is 3. The Labute approximate surface area is 116 Å². The van der Waals surface area contributed by atoms with Gasteiger partial charge in [-0.25, -0.2) is 0 Å². The predicted molar refractivity (Wildman–Crippen MR) is 71.5 cm³/mol. The van der Waals surface area contributed by atoms with Gasteiger partial charge in [-0.05, 0) is 24.9 Å². The lowest BCUT2D eigenvalue weighted by molar-refractivity contribution is -0.187. The molecule has 1 aromatic rings. The van der Waals surface area contributed by atoms with E-state index in [2.05, 4.69) is 0 Å². The first kappa shape index (κ1) is 14.8. The van der Waals surface area contributed by atoms with Crippen LogP contribution in [-0.2, 0) is 6.54 Å². The van der Waals surface area contributed by atoms with Gasteiger partial charge in [0.25, 0.3) is 0 Å². The second kappa shape index (κ2) is 5.83. The van der Waals surface area contributed by atoms with Crippen LogP contribution in [0.5, 0.6) is 0 Å². The fourth-order valence-electron chi connectivity index (χ4n) is 2.51. The summed E-state index contributed by atoms with van der Waals surface area (Å²) >= 11 is 0. The molecule has 2 rings (SSSR count). The highest BCUT2D eigenvalue weighted by molar-refractivity contribution is 5.94. The number of hydrogen-bond donors (Lipinski definition) is 2. The number of benzene rings is 1. The second-order valence-corrected chi connectivity index (χ2v) is 5.23. The third kappa shape index (κ3) is 3.72. The van der Waals surface area contributed by atoms with Gasteiger partial charge in [-0.3, -0.25) is 10.3 Å². The minimum Gasteiger partial charge on any atom is -0.384 e. The third-order valence-electron chi connectivity index (χ3n) is 3.64. The standard InChI is InChI=1S/C14H18F3N3/c15-14(16,17)12-2-1-7-20(9-12)8-10-3-5-11(6-4-10)13(18)19/h3-6,12H,1-2,7-9H2,(H3,18,19). The molecule has 0 bridgehead atoms. The van der Waals surface area contributed by atoms with Crippen molar-refractivity contribution < 1.29 is 13.2 Å². The molecule has 3 nitrogen and oxygen atoms in total. The second-order valence-electron chi connectivity index (χ2n) is 5.23. The lowest BCUT2D eigenvalue weighted by atomic mass is 9.97. The van der Waals surface area contributed by atoms with Crippen LogP contribution in [0.1, 0.15) is 24.0 Å². The molecule has 1 saturated heterocycles. The van der Waals surface area contributed by atoms with Gasteiger partial charge >= 0.3 is 6.18 Å². The summed E-state index contributed by atoms with van der Waals surface area (Å²) in [5, 5.41) is 7.30. The SMILES string of the molecule is N=C(N)c1ccc(CN2CCCC(C(F)(F)F)C2)cc1. The molecule has 0 amide bonds. The van der Waals surface area contributed by atoms with Crippen molar-refractivity contribution in [3.63, 3.8) is 0 Å². The normalized spacial score (nSPS) is 20.9. The van der Waals surface area contributed by atoms with Gasteiger partial charge < -0.3 is 5.73 Å². The molecular weight excluding hydrogens is 267 g/mol. The number of nitrogens with two attached hydrogens (primary N) is 1. The molecule has 110 valence electrons. The molecule has 1 heterocycles. The Morgan fingerprint density at radius 3 is 2.50 bits per heavy atom. The fourth-order valence-corrected chi connectivity index (χ4v) is 2.51. The molecule has 1 aliphatic heterocycles. The Kier molecular flexibility index (Phi) is 4.32. The molecule has 3 N–H and O–H groups in total. The highest BCUT2D eigenvalue weighted by Gasteiger charge is 2.41. The maximum absolute atomic E-state index is 12.7. The average Bonchev–Trinajstić information content (AvgIpc) is 2.38. The average molecular weight is 285 g/mol. The van der Waals surface area contributed by atoms with E-state index < -0.39 is 12.1 Å². The number of nitrogens with one attached hydrogen (secondary N) is 1. The largest absolute Gasteiger partial charge is 0.393 e. The van der Waals surface area contributed by atoms with Crippen LogP contribution in [-0.4, -0.2) is 30.0 Å². The van der Waals surface area contributed by atoms with Crippen molar-refractivity contribution in [3.8, 4) is 0 Å². The number of piperidine rings is 1. The number of amidine groups is 1. The number of halogens is 3. The maximum Gasteiger partial charge on any atom is 0.393 e. The summed E-state index contributed by atoms with van der Waals surface area (Å²) in [6.07, 6.45) is -3.30. The van der Waals surface area contributed by atoms with Crippen LogP contribution >= 0.6 is 0 Å². The molecule has 0 spiro atoms. The zero-order valence-electron chi connectivity index (χ0n) is 11.1. The Morgan fingerprint density at radius 2 is 1.95 bits per heavy atom. The van der Waals surface area contributed by atoms with Crippen LogP contribution in [0, 0.1) is 11.3 Å². The van der Waals surface area contributed by atoms with Crippen molar-refractivity contribution in [2.45, 2.75) is 25.6 Å². The minimum atomic E-state index is -4.10. The predicted octanol–water partition coefficient (Wildman–Crippen LogP) is 2.74. The summed E-state index contributed by atoms with van der Waals surface area (Å²) in [5.41, 5.74) is 6.93. The Morgan fingerprint density at radius 1 is 1.30 bits per heavy atom. The van der Waals surface area contributed by atoms with Crippen LogP contribution < -0.4 is 5.73 Å². The first-order chi connectivity index (χ1) is 9.36. The molecule has 1 atom stereocenters. The Balaban J connectivity index is 1.97. The molecule has 6 heteroatoms. The molecule has 1 aromatic carbocycles. The van der Waals surface area contributed by atoms with E-state index in [0.29, 0.717) is 25.1 Å². The van der Waals surface area contributed by atoms with Crippen molar-refractivity contribution in [2.75, 3.05) is 13.1 Å². The summed E-state index contributed by atoms with van der Waals surface area (Å²) in [4.78, 5) is 1.84. The number of likely N-dealkylation sites (tertiary alicyclic amines) is 1. The highest BCUT2D eigenvalue weighted by Crippen LogP contribution is 2.33. The van der Waals surface area contributed by atoms with E-state index in [1.54, 1.807) is 12.1 Å². The molecular formula is C14H18F3N3. The van der Waals surface area contributed by atoms with Crippen molar-refractivity contribution in [3.05, 3.63) is 35.4 Å². The maximum atomic E-state index is 12.7. The molecule has 0 aliphatic carbocycles. The molecule has 20 heavy (non-hydrogen) atoms. The van der Waals surface area contributed by atoms with Gasteiger partial charge in [0.1, 0.15) is 5.84 Å². The fraction of sp³-hybridized carbons (Fsp3) is 0.500. The molecule has 1 aliphatic rings. The summed E-state index contributed by atoms with van der Waals surface area (Å²) in [6.45, 7) is 1.27. The van der Waals surface area contributed by atoms with E-state index >= 15 is 0 Å². The van der Waals surface area contributed by atoms with Gasteiger partial charge in [0, 0.05) is 18.7 Å². The van der Waals surface area contributed by atoms with Crippen molar-refractivity contribution in [2.24, 2.45) is 11.7 Å². The first-order valence-electron chi connectivity index (χ1n) is 6.58. The molecule has 1 fully saturated rings. The van der Waals surface area contributed by atoms with E-state index in [1.807, 2.05) is 17.0 Å². The van der Waals surface area contributed by atoms with E-state index in [9.17, 15) is 13.2 Å². The Bertz CT molecular complexity index is 468. The number of hydrogen-bond acceptors (Lipinski definition) is 2. The van der Waals surface area contributed by atoms with Gasteiger partial charge in [-0.2, -0.15) is 13.2 Å². The van der Waals surface area contributed by atoms with Gasteiger partial charge in [0.15, 0.2) is 0 Å². The van der Waals surface area contributed by atoms with Crippen molar-refractivity contribution in [1.82, 2.24) is 4.90 Å². The van der Waals surface area contributed by atoms with Gasteiger partial charge in [0.05, 0.1) is 5.92 Å². The molecule has 0 saturated carbocycles. The monoisotopic (exact) mass is 285 g/mol. The van der Waals surface area contributed by atoms with Crippen LogP contribution in [0.25, 0.3) is 0 Å². The summed E-state index contributed by atoms with van der Waals surface area (Å²) < 4.78 is 38.2. The quantitative estimate of drug-likeness (QED) is 0.663. The molecule has 0 radical (unpaired) electrons. The third-order valence-corrected chi connectivity index (χ3v) is 3.64. The summed E-state index contributed by atoms with van der Waals surface area (Å²) in [6, 6.07) is 7.08. The lowest BCUT2D eigenvalue weighted by Gasteiger charge is -2.33. The minimum absolute atomic E-state index is 0.00772. The zero-order chi connectivity index (χ0) is 14.8. The molecule has 1 unspecified atom stereocenters. The smallest absolute Gasteiger partial charge is 0.384 e. The van der Waals surface area contributed by atoms with Crippen LogP contribution in [0.3, 0.4) is 0 Å². The zero-order valence-corrected chi connectivity index (χ0v) is 11.1. The summed E-state index contributed by atoms with van der Waals surface area (Å²) in [5.74, 6) is -1.22. The van der Waals surface area contributed by atoms with Gasteiger partial charge in [-0.15, -0.1) is 0 Å². The topological polar surface area (TPSA) is 53.1 Å².